The Hall–Kier alpha value is -2.50. The highest BCUT2D eigenvalue weighted by Gasteiger charge is 2.20. The Balaban J connectivity index is 2.87. The van der Waals surface area contributed by atoms with E-state index < -0.39 is 5.97 Å². The zero-order valence-electron chi connectivity index (χ0n) is 9.81. The second kappa shape index (κ2) is 4.40. The minimum Gasteiger partial charge on any atom is -0.497 e. The first-order chi connectivity index (χ1) is 8.62. The Morgan fingerprint density at radius 1 is 1.33 bits per heavy atom. The first kappa shape index (κ1) is 12.0. The summed E-state index contributed by atoms with van der Waals surface area (Å²) in [7, 11) is 2.93. The van der Waals surface area contributed by atoms with E-state index in [9.17, 15) is 9.59 Å². The first-order valence-electron chi connectivity index (χ1n) is 5.08. The zero-order chi connectivity index (χ0) is 13.3. The summed E-state index contributed by atoms with van der Waals surface area (Å²) < 4.78 is 10.2. The molecule has 1 aromatic carbocycles. The lowest BCUT2D eigenvalue weighted by Crippen LogP contribution is -2.00. The number of carbonyl (C=O) groups is 2. The van der Waals surface area contributed by atoms with Crippen LogP contribution in [-0.2, 0) is 0 Å². The number of carboxylic acids is 1. The molecule has 18 heavy (non-hydrogen) atoms. The van der Waals surface area contributed by atoms with Crippen LogP contribution in [0.4, 0.5) is 0 Å². The molecule has 0 saturated carbocycles. The molecule has 0 amide bonds. The van der Waals surface area contributed by atoms with Crippen LogP contribution in [0.2, 0.25) is 0 Å². The number of carbonyl (C=O) groups excluding carboxylic acids is 1. The van der Waals surface area contributed by atoms with Crippen LogP contribution in [0, 0.1) is 0 Å². The molecule has 6 nitrogen and oxygen atoms in total. The number of methoxy groups -OCH3 is 2. The molecule has 94 valence electrons. The molecule has 0 saturated heterocycles. The van der Waals surface area contributed by atoms with Crippen molar-refractivity contribution in [1.29, 1.82) is 0 Å². The summed E-state index contributed by atoms with van der Waals surface area (Å²) in [5.74, 6) is -0.306. The number of H-pyrrole nitrogens is 1. The van der Waals surface area contributed by atoms with Gasteiger partial charge in [-0.3, -0.25) is 4.79 Å². The molecule has 0 aliphatic carbocycles. The normalized spacial score (nSPS) is 10.3. The maximum absolute atomic E-state index is 11.1. The summed E-state index contributed by atoms with van der Waals surface area (Å²) in [5, 5.41) is 9.46. The number of ether oxygens (including phenoxy) is 2. The zero-order valence-corrected chi connectivity index (χ0v) is 9.81. The van der Waals surface area contributed by atoms with Gasteiger partial charge in [0.25, 0.3) is 0 Å². The molecule has 6 heteroatoms. The highest BCUT2D eigenvalue weighted by molar-refractivity contribution is 6.10. The molecule has 0 spiro atoms. The number of benzene rings is 1. The number of aromatic carboxylic acids is 1. The van der Waals surface area contributed by atoms with Gasteiger partial charge < -0.3 is 19.6 Å². The van der Waals surface area contributed by atoms with Crippen LogP contribution < -0.4 is 9.47 Å². The van der Waals surface area contributed by atoms with Gasteiger partial charge >= 0.3 is 5.97 Å². The highest BCUT2D eigenvalue weighted by atomic mass is 16.5. The molecule has 2 rings (SSSR count). The van der Waals surface area contributed by atoms with Gasteiger partial charge in [0.1, 0.15) is 17.2 Å². The van der Waals surface area contributed by atoms with Gasteiger partial charge in [-0.15, -0.1) is 0 Å². The Kier molecular flexibility index (Phi) is 2.93. The molecule has 0 fully saturated rings. The lowest BCUT2D eigenvalue weighted by molar-refractivity contribution is 0.0688. The van der Waals surface area contributed by atoms with Crippen LogP contribution in [-0.4, -0.2) is 36.6 Å². The van der Waals surface area contributed by atoms with Crippen molar-refractivity contribution in [3.8, 4) is 11.5 Å². The molecule has 0 unspecified atom stereocenters. The Morgan fingerprint density at radius 3 is 2.56 bits per heavy atom. The van der Waals surface area contributed by atoms with E-state index in [2.05, 4.69) is 4.98 Å². The molecule has 0 atom stereocenters. The second-order valence-electron chi connectivity index (χ2n) is 3.59. The van der Waals surface area contributed by atoms with Crippen molar-refractivity contribution in [2.24, 2.45) is 0 Å². The predicted molar refractivity (Wildman–Crippen MR) is 63.7 cm³/mol. The van der Waals surface area contributed by atoms with E-state index in [1.165, 1.54) is 14.2 Å². The summed E-state index contributed by atoms with van der Waals surface area (Å²) in [4.78, 5) is 24.8. The lowest BCUT2D eigenvalue weighted by atomic mass is 10.1. The SMILES string of the molecule is COc1cc(OC)c2c(C=O)c(C(=O)O)[nH]c2c1. The molecule has 0 aliphatic rings. The topological polar surface area (TPSA) is 88.6 Å². The molecule has 2 N–H and O–H groups in total. The third kappa shape index (κ3) is 1.67. The Morgan fingerprint density at radius 2 is 2.06 bits per heavy atom. The fourth-order valence-corrected chi connectivity index (χ4v) is 1.86. The van der Waals surface area contributed by atoms with Gasteiger partial charge in [-0.2, -0.15) is 0 Å². The third-order valence-electron chi connectivity index (χ3n) is 2.66. The van der Waals surface area contributed by atoms with E-state index in [1.807, 2.05) is 0 Å². The summed E-state index contributed by atoms with van der Waals surface area (Å²) in [6.45, 7) is 0. The molecule has 1 heterocycles. The number of aromatic nitrogens is 1. The second-order valence-corrected chi connectivity index (χ2v) is 3.59. The number of aromatic amines is 1. The van der Waals surface area contributed by atoms with E-state index >= 15 is 0 Å². The Bertz CT molecular complexity index is 629. The summed E-state index contributed by atoms with van der Waals surface area (Å²) >= 11 is 0. The van der Waals surface area contributed by atoms with E-state index in [0.29, 0.717) is 28.7 Å². The Labute approximate surface area is 102 Å². The molecule has 0 radical (unpaired) electrons. The number of hydrogen-bond donors (Lipinski definition) is 2. The minimum atomic E-state index is -1.20. The van der Waals surface area contributed by atoms with Crippen molar-refractivity contribution in [3.05, 3.63) is 23.4 Å². The average molecular weight is 249 g/mol. The maximum atomic E-state index is 11.1. The van der Waals surface area contributed by atoms with Gasteiger partial charge in [-0.25, -0.2) is 4.79 Å². The summed E-state index contributed by atoms with van der Waals surface area (Å²) in [6.07, 6.45) is 0.497. The van der Waals surface area contributed by atoms with Crippen LogP contribution in [0.25, 0.3) is 10.9 Å². The smallest absolute Gasteiger partial charge is 0.353 e. The van der Waals surface area contributed by atoms with E-state index in [4.69, 9.17) is 14.6 Å². The number of nitrogens with one attached hydrogen (secondary N) is 1. The monoisotopic (exact) mass is 249 g/mol. The lowest BCUT2D eigenvalue weighted by Gasteiger charge is -2.05. The number of aldehydes is 1. The number of fused-ring (bicyclic) bond motifs is 1. The van der Waals surface area contributed by atoms with Crippen molar-refractivity contribution >= 4 is 23.2 Å². The standard InChI is InChI=1S/C12H11NO5/c1-17-6-3-8-10(9(4-6)18-2)7(5-14)11(13-8)12(15)16/h3-5,13H,1-2H3,(H,15,16). The van der Waals surface area contributed by atoms with Crippen LogP contribution >= 0.6 is 0 Å². The van der Waals surface area contributed by atoms with Crippen LogP contribution in [0.3, 0.4) is 0 Å². The van der Waals surface area contributed by atoms with Gasteiger partial charge in [-0.05, 0) is 0 Å². The molecular formula is C12H11NO5. The largest absolute Gasteiger partial charge is 0.497 e. The van der Waals surface area contributed by atoms with Gasteiger partial charge in [-0.1, -0.05) is 0 Å². The van der Waals surface area contributed by atoms with Gasteiger partial charge in [0.05, 0.1) is 30.7 Å². The highest BCUT2D eigenvalue weighted by Crippen LogP contribution is 2.34. The number of carboxylic acid groups (broad SMARTS) is 1. The van der Waals surface area contributed by atoms with E-state index in [1.54, 1.807) is 12.1 Å². The van der Waals surface area contributed by atoms with Crippen LogP contribution in [0.1, 0.15) is 20.8 Å². The van der Waals surface area contributed by atoms with Crippen LogP contribution in [0.15, 0.2) is 12.1 Å². The third-order valence-corrected chi connectivity index (χ3v) is 2.66. The van der Waals surface area contributed by atoms with Crippen molar-refractivity contribution < 1.29 is 24.2 Å². The molecule has 2 aromatic rings. The van der Waals surface area contributed by atoms with Crippen LogP contribution in [0.5, 0.6) is 11.5 Å². The molecule has 0 bridgehead atoms. The van der Waals surface area contributed by atoms with Crippen molar-refractivity contribution in [3.63, 3.8) is 0 Å². The quantitative estimate of drug-likeness (QED) is 0.805. The van der Waals surface area contributed by atoms with Gasteiger partial charge in [0.15, 0.2) is 6.29 Å². The predicted octanol–water partition coefficient (Wildman–Crippen LogP) is 1.70. The number of hydrogen-bond acceptors (Lipinski definition) is 4. The average Bonchev–Trinajstić information content (AvgIpc) is 2.75. The minimum absolute atomic E-state index is 0.0667. The molecular weight excluding hydrogens is 238 g/mol. The van der Waals surface area contributed by atoms with E-state index in [-0.39, 0.29) is 11.3 Å². The fourth-order valence-electron chi connectivity index (χ4n) is 1.86. The van der Waals surface area contributed by atoms with Crippen molar-refractivity contribution in [2.75, 3.05) is 14.2 Å². The number of rotatable bonds is 4. The molecule has 0 aliphatic heterocycles. The van der Waals surface area contributed by atoms with Crippen molar-refractivity contribution in [1.82, 2.24) is 4.98 Å². The summed E-state index contributed by atoms with van der Waals surface area (Å²) in [5.41, 5.74) is 0.384. The van der Waals surface area contributed by atoms with E-state index in [0.717, 1.165) is 0 Å². The maximum Gasteiger partial charge on any atom is 0.353 e. The van der Waals surface area contributed by atoms with Crippen molar-refractivity contribution in [2.45, 2.75) is 0 Å². The van der Waals surface area contributed by atoms with Gasteiger partial charge in [0.2, 0.25) is 0 Å². The van der Waals surface area contributed by atoms with Gasteiger partial charge in [0, 0.05) is 12.1 Å². The fraction of sp³-hybridized carbons (Fsp3) is 0.167. The first-order valence-corrected chi connectivity index (χ1v) is 5.08. The summed E-state index contributed by atoms with van der Waals surface area (Å²) in [6, 6.07) is 3.20. The molecule has 1 aromatic heterocycles.